The molecule has 0 bridgehead atoms. The molecule has 4 N–H and O–H groups in total. The zero-order valence-corrected chi connectivity index (χ0v) is 17.1. The Balaban J connectivity index is 1.69. The van der Waals surface area contributed by atoms with Crippen LogP contribution in [-0.2, 0) is 0 Å². The number of hydrogen-bond acceptors (Lipinski definition) is 4. The third-order valence-corrected chi connectivity index (χ3v) is 5.62. The Bertz CT molecular complexity index is 1020. The van der Waals surface area contributed by atoms with Gasteiger partial charge < -0.3 is 15.6 Å². The number of fused-ring (bicyclic) bond motifs is 1. The highest BCUT2D eigenvalue weighted by Crippen LogP contribution is 2.31. The molecule has 0 saturated carbocycles. The Morgan fingerprint density at radius 2 is 2.04 bits per heavy atom. The number of halogens is 1. The lowest BCUT2D eigenvalue weighted by molar-refractivity contribution is 0.0929. The number of imidazole rings is 1. The van der Waals surface area contributed by atoms with Gasteiger partial charge in [0.05, 0.1) is 16.6 Å². The quantitative estimate of drug-likeness (QED) is 0.538. The number of hydrogen-bond donors (Lipinski definition) is 4. The predicted octanol–water partition coefficient (Wildman–Crippen LogP) is 3.52. The number of aromatic nitrogens is 4. The minimum atomic E-state index is -0.116. The Morgan fingerprint density at radius 1 is 1.29 bits per heavy atom. The van der Waals surface area contributed by atoms with Crippen LogP contribution in [-0.4, -0.2) is 45.2 Å². The lowest BCUT2D eigenvalue weighted by Gasteiger charge is -2.23. The van der Waals surface area contributed by atoms with Gasteiger partial charge in [0.1, 0.15) is 5.69 Å². The molecular formula is C20H25ClN6O. The zero-order chi connectivity index (χ0) is 19.8. The molecule has 1 amide bonds. The summed E-state index contributed by atoms with van der Waals surface area (Å²) in [5, 5.41) is 14.4. The number of benzene rings is 1. The molecule has 1 saturated heterocycles. The third-order valence-electron chi connectivity index (χ3n) is 5.30. The van der Waals surface area contributed by atoms with Crippen LogP contribution in [0.3, 0.4) is 0 Å². The lowest BCUT2D eigenvalue weighted by atomic mass is 10.0. The number of rotatable bonds is 4. The molecule has 1 fully saturated rings. The number of aromatic amines is 2. The van der Waals surface area contributed by atoms with Crippen molar-refractivity contribution in [1.82, 2.24) is 30.8 Å². The zero-order valence-electron chi connectivity index (χ0n) is 16.3. The van der Waals surface area contributed by atoms with E-state index in [1.807, 2.05) is 19.1 Å². The first kappa shape index (κ1) is 19.0. The molecule has 1 aliphatic rings. The molecule has 0 aliphatic carbocycles. The molecule has 28 heavy (non-hydrogen) atoms. The van der Waals surface area contributed by atoms with Gasteiger partial charge in [0, 0.05) is 16.8 Å². The summed E-state index contributed by atoms with van der Waals surface area (Å²) in [4.78, 5) is 20.9. The fourth-order valence-electron chi connectivity index (χ4n) is 3.70. The van der Waals surface area contributed by atoms with Gasteiger partial charge in [-0.3, -0.25) is 9.89 Å². The highest BCUT2D eigenvalue weighted by Gasteiger charge is 2.24. The van der Waals surface area contributed by atoms with Crippen molar-refractivity contribution >= 4 is 28.5 Å². The van der Waals surface area contributed by atoms with Crippen molar-refractivity contribution < 1.29 is 4.79 Å². The molecule has 1 aliphatic heterocycles. The SMILES string of the molecule is Cc1[nH]nc(-c2nc3cc(Cl)c(C(C)C)cc3[nH]2)c1C(=O)NC1CCNCC1. The molecule has 3 aromatic rings. The summed E-state index contributed by atoms with van der Waals surface area (Å²) in [5.41, 5.74) is 4.49. The van der Waals surface area contributed by atoms with Gasteiger partial charge in [-0.25, -0.2) is 4.98 Å². The van der Waals surface area contributed by atoms with Crippen molar-refractivity contribution in [2.75, 3.05) is 13.1 Å². The molecular weight excluding hydrogens is 376 g/mol. The Hall–Kier alpha value is -2.38. The summed E-state index contributed by atoms with van der Waals surface area (Å²) in [5.74, 6) is 0.754. The van der Waals surface area contributed by atoms with E-state index < -0.39 is 0 Å². The van der Waals surface area contributed by atoms with Crippen LogP contribution in [0.1, 0.15) is 54.2 Å². The predicted molar refractivity (Wildman–Crippen MR) is 111 cm³/mol. The molecule has 0 atom stereocenters. The van der Waals surface area contributed by atoms with E-state index >= 15 is 0 Å². The normalized spacial score (nSPS) is 15.5. The summed E-state index contributed by atoms with van der Waals surface area (Å²) in [6.07, 6.45) is 1.86. The first-order valence-corrected chi connectivity index (χ1v) is 10.1. The summed E-state index contributed by atoms with van der Waals surface area (Å²) in [6, 6.07) is 4.06. The molecule has 0 radical (unpaired) electrons. The third kappa shape index (κ3) is 3.52. The van der Waals surface area contributed by atoms with E-state index in [1.54, 1.807) is 0 Å². The van der Waals surface area contributed by atoms with Crippen LogP contribution in [0.5, 0.6) is 0 Å². The van der Waals surface area contributed by atoms with E-state index in [4.69, 9.17) is 11.6 Å². The van der Waals surface area contributed by atoms with Gasteiger partial charge in [-0.15, -0.1) is 0 Å². The maximum Gasteiger partial charge on any atom is 0.255 e. The number of amides is 1. The maximum atomic E-state index is 12.9. The van der Waals surface area contributed by atoms with Crippen LogP contribution in [0.15, 0.2) is 12.1 Å². The molecule has 1 aromatic carbocycles. The van der Waals surface area contributed by atoms with E-state index in [2.05, 4.69) is 44.6 Å². The van der Waals surface area contributed by atoms with Crippen LogP contribution in [0, 0.1) is 6.92 Å². The van der Waals surface area contributed by atoms with Gasteiger partial charge in [-0.1, -0.05) is 25.4 Å². The van der Waals surface area contributed by atoms with Crippen molar-refractivity contribution in [3.8, 4) is 11.5 Å². The number of carbonyl (C=O) groups is 1. The maximum absolute atomic E-state index is 12.9. The van der Waals surface area contributed by atoms with Gasteiger partial charge in [0.25, 0.3) is 5.91 Å². The minimum Gasteiger partial charge on any atom is -0.349 e. The monoisotopic (exact) mass is 400 g/mol. The van der Waals surface area contributed by atoms with E-state index in [0.717, 1.165) is 48.2 Å². The number of piperidine rings is 1. The molecule has 148 valence electrons. The lowest BCUT2D eigenvalue weighted by Crippen LogP contribution is -2.42. The first-order valence-electron chi connectivity index (χ1n) is 9.70. The van der Waals surface area contributed by atoms with Gasteiger partial charge in [0.2, 0.25) is 0 Å². The minimum absolute atomic E-state index is 0.116. The van der Waals surface area contributed by atoms with Gasteiger partial charge in [-0.05, 0) is 56.5 Å². The van der Waals surface area contributed by atoms with Crippen LogP contribution in [0.2, 0.25) is 5.02 Å². The van der Waals surface area contributed by atoms with Crippen molar-refractivity contribution in [1.29, 1.82) is 0 Å². The molecule has 3 heterocycles. The van der Waals surface area contributed by atoms with Crippen molar-refractivity contribution in [2.45, 2.75) is 45.6 Å². The fraction of sp³-hybridized carbons (Fsp3) is 0.450. The van der Waals surface area contributed by atoms with Crippen LogP contribution in [0.4, 0.5) is 0 Å². The van der Waals surface area contributed by atoms with Crippen molar-refractivity contribution in [2.24, 2.45) is 0 Å². The second kappa shape index (κ2) is 7.56. The van der Waals surface area contributed by atoms with Gasteiger partial charge >= 0.3 is 0 Å². The summed E-state index contributed by atoms with van der Waals surface area (Å²) in [7, 11) is 0. The summed E-state index contributed by atoms with van der Waals surface area (Å²) in [6.45, 7) is 7.90. The second-order valence-corrected chi connectivity index (χ2v) is 8.11. The highest BCUT2D eigenvalue weighted by molar-refractivity contribution is 6.32. The van der Waals surface area contributed by atoms with Gasteiger partial charge in [-0.2, -0.15) is 5.10 Å². The second-order valence-electron chi connectivity index (χ2n) is 7.70. The Morgan fingerprint density at radius 3 is 2.75 bits per heavy atom. The number of carbonyl (C=O) groups excluding carboxylic acids is 1. The Kier molecular flexibility index (Phi) is 5.12. The average molecular weight is 401 g/mol. The fourth-order valence-corrected chi connectivity index (χ4v) is 4.08. The van der Waals surface area contributed by atoms with Crippen molar-refractivity contribution in [3.63, 3.8) is 0 Å². The standard InChI is InChI=1S/C20H25ClN6O/c1-10(2)13-8-15-16(9-14(13)21)25-19(24-15)18-17(11(3)26-27-18)20(28)23-12-4-6-22-7-5-12/h8-10,12,22H,4-7H2,1-3H3,(H,23,28)(H,24,25)(H,26,27). The molecule has 8 heteroatoms. The van der Waals surface area contributed by atoms with Crippen LogP contribution >= 0.6 is 11.6 Å². The molecule has 4 rings (SSSR count). The van der Waals surface area contributed by atoms with Crippen LogP contribution in [0.25, 0.3) is 22.6 Å². The van der Waals surface area contributed by atoms with E-state index in [-0.39, 0.29) is 11.9 Å². The summed E-state index contributed by atoms with van der Waals surface area (Å²) < 4.78 is 0. The highest BCUT2D eigenvalue weighted by atomic mass is 35.5. The van der Waals surface area contributed by atoms with E-state index in [1.165, 1.54) is 0 Å². The Labute approximate surface area is 168 Å². The first-order chi connectivity index (χ1) is 13.4. The van der Waals surface area contributed by atoms with Gasteiger partial charge in [0.15, 0.2) is 5.82 Å². The number of nitrogens with zero attached hydrogens (tertiary/aromatic N) is 2. The smallest absolute Gasteiger partial charge is 0.255 e. The number of nitrogens with one attached hydrogen (secondary N) is 4. The number of H-pyrrole nitrogens is 2. The van der Waals surface area contributed by atoms with E-state index in [0.29, 0.717) is 28.0 Å². The average Bonchev–Trinajstić information content (AvgIpc) is 3.24. The van der Waals surface area contributed by atoms with Crippen molar-refractivity contribution in [3.05, 3.63) is 34.0 Å². The van der Waals surface area contributed by atoms with E-state index in [9.17, 15) is 4.79 Å². The number of aryl methyl sites for hydroxylation is 1. The molecule has 0 spiro atoms. The molecule has 7 nitrogen and oxygen atoms in total. The largest absolute Gasteiger partial charge is 0.349 e. The topological polar surface area (TPSA) is 98.5 Å². The molecule has 0 unspecified atom stereocenters. The van der Waals surface area contributed by atoms with Crippen LogP contribution < -0.4 is 10.6 Å². The summed E-state index contributed by atoms with van der Waals surface area (Å²) >= 11 is 6.40. The molecule has 2 aromatic heterocycles.